The van der Waals surface area contributed by atoms with Crippen molar-refractivity contribution in [2.45, 2.75) is 39.7 Å². The lowest BCUT2D eigenvalue weighted by molar-refractivity contribution is 0.833. The first-order chi connectivity index (χ1) is 5.83. The van der Waals surface area contributed by atoms with E-state index in [9.17, 15) is 0 Å². The standard InChI is InChI=1S/C10H15Cl2Si/c1-6-7(2)9(4)10(5,8(6)3)13(11)12/h1-5H3. The molecule has 0 nitrogen and oxygen atoms in total. The molecule has 0 fully saturated rings. The molecular weight excluding hydrogens is 219 g/mol. The van der Waals surface area contributed by atoms with Crippen molar-refractivity contribution in [3.63, 3.8) is 0 Å². The SMILES string of the molecule is CC1=C(C)C(C)([Si](Cl)Cl)C(C)=C1C. The van der Waals surface area contributed by atoms with Crippen LogP contribution in [-0.4, -0.2) is 7.42 Å². The molecule has 0 N–H and O–H groups in total. The van der Waals surface area contributed by atoms with Crippen molar-refractivity contribution < 1.29 is 0 Å². The Bertz CT molecular complexity index is 276. The zero-order valence-electron chi connectivity index (χ0n) is 8.76. The highest BCUT2D eigenvalue weighted by Gasteiger charge is 2.43. The van der Waals surface area contributed by atoms with E-state index in [1.54, 1.807) is 0 Å². The average molecular weight is 234 g/mol. The molecule has 1 radical (unpaired) electrons. The maximum atomic E-state index is 6.14. The van der Waals surface area contributed by atoms with Crippen molar-refractivity contribution >= 4 is 29.6 Å². The number of rotatable bonds is 1. The minimum atomic E-state index is -1.34. The van der Waals surface area contributed by atoms with Crippen LogP contribution in [0.25, 0.3) is 0 Å². The van der Waals surface area contributed by atoms with E-state index in [2.05, 4.69) is 34.6 Å². The van der Waals surface area contributed by atoms with E-state index < -0.39 is 7.42 Å². The average Bonchev–Trinajstić information content (AvgIpc) is 2.22. The molecule has 0 spiro atoms. The molecule has 0 amide bonds. The van der Waals surface area contributed by atoms with Crippen LogP contribution in [0.3, 0.4) is 0 Å². The molecule has 1 aliphatic carbocycles. The van der Waals surface area contributed by atoms with Gasteiger partial charge in [-0.15, -0.1) is 22.2 Å². The first-order valence-electron chi connectivity index (χ1n) is 4.38. The van der Waals surface area contributed by atoms with Gasteiger partial charge >= 0.3 is 0 Å². The summed E-state index contributed by atoms with van der Waals surface area (Å²) in [6, 6.07) is 0. The van der Waals surface area contributed by atoms with Gasteiger partial charge in [-0.3, -0.25) is 0 Å². The molecule has 0 aromatic heterocycles. The first-order valence-corrected chi connectivity index (χ1v) is 7.90. The van der Waals surface area contributed by atoms with Crippen molar-refractivity contribution in [3.8, 4) is 0 Å². The number of halogens is 2. The topological polar surface area (TPSA) is 0 Å². The summed E-state index contributed by atoms with van der Waals surface area (Å²) in [4.78, 5) is 0. The summed E-state index contributed by atoms with van der Waals surface area (Å²) >= 11 is 12.3. The Balaban J connectivity index is 3.31. The predicted octanol–water partition coefficient (Wildman–Crippen LogP) is 4.40. The second-order valence-electron chi connectivity index (χ2n) is 3.89. The van der Waals surface area contributed by atoms with Crippen LogP contribution in [-0.2, 0) is 0 Å². The quantitative estimate of drug-likeness (QED) is 0.466. The summed E-state index contributed by atoms with van der Waals surface area (Å²) in [6.45, 7) is 10.7. The van der Waals surface area contributed by atoms with Gasteiger partial charge in [0.05, 0.1) is 0 Å². The summed E-state index contributed by atoms with van der Waals surface area (Å²) in [7, 11) is -1.34. The number of allylic oxidation sites excluding steroid dienone is 4. The van der Waals surface area contributed by atoms with Crippen molar-refractivity contribution in [2.24, 2.45) is 0 Å². The first kappa shape index (κ1) is 11.4. The minimum Gasteiger partial charge on any atom is -0.145 e. The highest BCUT2D eigenvalue weighted by Crippen LogP contribution is 2.55. The molecule has 0 unspecified atom stereocenters. The van der Waals surface area contributed by atoms with Gasteiger partial charge in [0.15, 0.2) is 0 Å². The molecule has 0 aromatic rings. The number of hydrogen-bond acceptors (Lipinski definition) is 0. The summed E-state index contributed by atoms with van der Waals surface area (Å²) in [6.07, 6.45) is 0. The smallest absolute Gasteiger partial charge is 0.145 e. The molecule has 0 saturated carbocycles. The molecule has 1 rings (SSSR count). The Morgan fingerprint density at radius 2 is 1.23 bits per heavy atom. The van der Waals surface area contributed by atoms with Gasteiger partial charge in [-0.2, -0.15) is 0 Å². The fourth-order valence-corrected chi connectivity index (χ4v) is 4.52. The highest BCUT2D eigenvalue weighted by atomic mass is 35.7. The Kier molecular flexibility index (Phi) is 3.01. The summed E-state index contributed by atoms with van der Waals surface area (Å²) in [5, 5.41) is -0.0536. The molecule has 3 heteroatoms. The van der Waals surface area contributed by atoms with E-state index >= 15 is 0 Å². The van der Waals surface area contributed by atoms with Crippen LogP contribution < -0.4 is 0 Å². The van der Waals surface area contributed by atoms with Crippen molar-refractivity contribution in [3.05, 3.63) is 22.3 Å². The van der Waals surface area contributed by atoms with Crippen LogP contribution in [0, 0.1) is 0 Å². The lowest BCUT2D eigenvalue weighted by atomic mass is 9.98. The van der Waals surface area contributed by atoms with Crippen LogP contribution >= 0.6 is 22.2 Å². The molecule has 0 bridgehead atoms. The van der Waals surface area contributed by atoms with Gasteiger partial charge < -0.3 is 0 Å². The van der Waals surface area contributed by atoms with Crippen LogP contribution in [0.1, 0.15) is 34.6 Å². The van der Waals surface area contributed by atoms with Crippen molar-refractivity contribution in [1.29, 1.82) is 0 Å². The summed E-state index contributed by atoms with van der Waals surface area (Å²) < 4.78 is 0. The molecule has 1 aliphatic rings. The van der Waals surface area contributed by atoms with Crippen LogP contribution in [0.2, 0.25) is 5.04 Å². The van der Waals surface area contributed by atoms with Gasteiger partial charge in [0, 0.05) is 5.04 Å². The van der Waals surface area contributed by atoms with Gasteiger partial charge in [0.1, 0.15) is 0 Å². The fraction of sp³-hybridized carbons (Fsp3) is 0.600. The predicted molar refractivity (Wildman–Crippen MR) is 62.6 cm³/mol. The summed E-state index contributed by atoms with van der Waals surface area (Å²) in [5.41, 5.74) is 5.43. The van der Waals surface area contributed by atoms with E-state index in [4.69, 9.17) is 22.2 Å². The molecule has 13 heavy (non-hydrogen) atoms. The van der Waals surface area contributed by atoms with E-state index in [1.165, 1.54) is 22.3 Å². The van der Waals surface area contributed by atoms with Gasteiger partial charge in [0.2, 0.25) is 0 Å². The lowest BCUT2D eigenvalue weighted by Gasteiger charge is -2.28. The Labute approximate surface area is 91.6 Å². The van der Waals surface area contributed by atoms with Crippen LogP contribution in [0.15, 0.2) is 22.3 Å². The normalized spacial score (nSPS) is 22.2. The molecular formula is C10H15Cl2Si. The molecule has 0 heterocycles. The fourth-order valence-electron chi connectivity index (χ4n) is 1.88. The Morgan fingerprint density at radius 3 is 1.38 bits per heavy atom. The second-order valence-corrected chi connectivity index (χ2v) is 8.25. The lowest BCUT2D eigenvalue weighted by Crippen LogP contribution is -2.21. The molecule has 73 valence electrons. The Hall–Kier alpha value is 0.277. The van der Waals surface area contributed by atoms with E-state index in [-0.39, 0.29) is 5.04 Å². The van der Waals surface area contributed by atoms with Crippen molar-refractivity contribution in [1.82, 2.24) is 0 Å². The second kappa shape index (κ2) is 3.45. The molecule has 0 atom stereocenters. The highest BCUT2D eigenvalue weighted by molar-refractivity contribution is 7.35. The zero-order valence-corrected chi connectivity index (χ0v) is 11.3. The molecule has 0 aromatic carbocycles. The van der Waals surface area contributed by atoms with Gasteiger partial charge in [-0.1, -0.05) is 18.1 Å². The third kappa shape index (κ3) is 1.41. The van der Waals surface area contributed by atoms with Crippen LogP contribution in [0.5, 0.6) is 0 Å². The maximum absolute atomic E-state index is 6.14. The zero-order chi connectivity index (χ0) is 10.4. The number of hydrogen-bond donors (Lipinski definition) is 0. The maximum Gasteiger partial charge on any atom is 0.288 e. The third-order valence-electron chi connectivity index (χ3n) is 3.57. The third-order valence-corrected chi connectivity index (χ3v) is 7.34. The van der Waals surface area contributed by atoms with E-state index in [0.717, 1.165) is 0 Å². The van der Waals surface area contributed by atoms with Crippen molar-refractivity contribution in [2.75, 3.05) is 0 Å². The van der Waals surface area contributed by atoms with Crippen LogP contribution in [0.4, 0.5) is 0 Å². The molecule has 0 saturated heterocycles. The summed E-state index contributed by atoms with van der Waals surface area (Å²) in [5.74, 6) is 0. The molecule has 0 aliphatic heterocycles. The largest absolute Gasteiger partial charge is 0.288 e. The van der Waals surface area contributed by atoms with E-state index in [1.807, 2.05) is 0 Å². The Morgan fingerprint density at radius 1 is 0.923 bits per heavy atom. The van der Waals surface area contributed by atoms with Gasteiger partial charge in [0.25, 0.3) is 7.42 Å². The van der Waals surface area contributed by atoms with E-state index in [0.29, 0.717) is 0 Å². The van der Waals surface area contributed by atoms with Gasteiger partial charge in [-0.05, 0) is 38.8 Å². The minimum absolute atomic E-state index is 0.0536. The monoisotopic (exact) mass is 233 g/mol. The van der Waals surface area contributed by atoms with Gasteiger partial charge in [-0.25, -0.2) is 0 Å².